The molecule has 0 saturated carbocycles. The zero-order valence-corrected chi connectivity index (χ0v) is 17.0. The van der Waals surface area contributed by atoms with Crippen molar-refractivity contribution < 1.29 is 9.59 Å². The van der Waals surface area contributed by atoms with Crippen molar-refractivity contribution in [3.05, 3.63) is 76.8 Å². The quantitative estimate of drug-likeness (QED) is 0.810. The number of likely N-dealkylation sites (N-methyl/N-ethyl adjacent to an activating group) is 1. The van der Waals surface area contributed by atoms with Gasteiger partial charge in [0.15, 0.2) is 0 Å². The second-order valence-electron chi connectivity index (χ2n) is 7.09. The van der Waals surface area contributed by atoms with Crippen LogP contribution in [-0.2, 0) is 4.79 Å². The molecule has 0 aromatic heterocycles. The maximum absolute atomic E-state index is 12.8. The summed E-state index contributed by atoms with van der Waals surface area (Å²) in [6, 6.07) is 14.1. The molecule has 2 aromatic carbocycles. The monoisotopic (exact) mass is 397 g/mol. The van der Waals surface area contributed by atoms with Gasteiger partial charge in [0.1, 0.15) is 6.04 Å². The Morgan fingerprint density at radius 1 is 1.14 bits per heavy atom. The van der Waals surface area contributed by atoms with E-state index in [9.17, 15) is 9.59 Å². The number of carbonyl (C=O) groups is 2. The molecule has 3 rings (SSSR count). The van der Waals surface area contributed by atoms with E-state index >= 15 is 0 Å². The Kier molecular flexibility index (Phi) is 5.87. The van der Waals surface area contributed by atoms with Gasteiger partial charge >= 0.3 is 0 Å². The number of fused-ring (bicyclic) bond motifs is 1. The van der Waals surface area contributed by atoms with E-state index in [1.165, 1.54) is 4.90 Å². The molecule has 5 nitrogen and oxygen atoms in total. The van der Waals surface area contributed by atoms with Crippen molar-refractivity contribution >= 4 is 29.1 Å². The lowest BCUT2D eigenvalue weighted by Crippen LogP contribution is -2.46. The van der Waals surface area contributed by atoms with Gasteiger partial charge in [-0.25, -0.2) is 0 Å². The van der Waals surface area contributed by atoms with E-state index in [0.29, 0.717) is 22.8 Å². The summed E-state index contributed by atoms with van der Waals surface area (Å²) in [4.78, 5) is 29.0. The second-order valence-corrected chi connectivity index (χ2v) is 7.50. The highest BCUT2D eigenvalue weighted by Gasteiger charge is 2.36. The molecule has 1 aliphatic heterocycles. The van der Waals surface area contributed by atoms with Crippen LogP contribution in [0.2, 0.25) is 5.02 Å². The number of halogens is 1. The molecule has 1 heterocycles. The minimum Gasteiger partial charge on any atom is -0.352 e. The molecule has 146 valence electrons. The topological polar surface area (TPSA) is 52.7 Å². The molecule has 28 heavy (non-hydrogen) atoms. The van der Waals surface area contributed by atoms with E-state index in [0.717, 1.165) is 11.1 Å². The lowest BCUT2D eigenvalue weighted by molar-refractivity contribution is -0.124. The third-order valence-corrected chi connectivity index (χ3v) is 5.45. The Morgan fingerprint density at radius 3 is 2.36 bits per heavy atom. The van der Waals surface area contributed by atoms with Crippen molar-refractivity contribution in [3.8, 4) is 0 Å². The number of hydrogen-bond acceptors (Lipinski definition) is 3. The molecule has 0 spiro atoms. The third kappa shape index (κ3) is 3.68. The molecule has 0 radical (unpaired) electrons. The summed E-state index contributed by atoms with van der Waals surface area (Å²) >= 11 is 6.33. The number of amides is 2. The number of carbonyl (C=O) groups excluding carboxylic acids is 2. The van der Waals surface area contributed by atoms with Crippen LogP contribution in [0.3, 0.4) is 0 Å². The summed E-state index contributed by atoms with van der Waals surface area (Å²) < 4.78 is 0. The molecule has 2 amide bonds. The van der Waals surface area contributed by atoms with Gasteiger partial charge in [-0.1, -0.05) is 54.6 Å². The summed E-state index contributed by atoms with van der Waals surface area (Å²) in [6.07, 6.45) is 0. The summed E-state index contributed by atoms with van der Waals surface area (Å²) in [7, 11) is 3.87. The van der Waals surface area contributed by atoms with Crippen LogP contribution in [0.15, 0.2) is 55.1 Å². The minimum atomic E-state index is -0.665. The molecule has 0 bridgehead atoms. The van der Waals surface area contributed by atoms with Crippen LogP contribution >= 0.6 is 11.6 Å². The van der Waals surface area contributed by atoms with Crippen LogP contribution in [-0.4, -0.2) is 48.3 Å². The number of rotatable bonds is 6. The van der Waals surface area contributed by atoms with Crippen LogP contribution in [0.5, 0.6) is 0 Å². The predicted octanol–water partition coefficient (Wildman–Crippen LogP) is 3.57. The van der Waals surface area contributed by atoms with E-state index in [2.05, 4.69) is 11.9 Å². The van der Waals surface area contributed by atoms with Gasteiger partial charge in [0.05, 0.1) is 6.04 Å². The van der Waals surface area contributed by atoms with Gasteiger partial charge in [-0.2, -0.15) is 0 Å². The average Bonchev–Trinajstić information content (AvgIpc) is 2.93. The van der Waals surface area contributed by atoms with Crippen LogP contribution in [0, 0.1) is 0 Å². The van der Waals surface area contributed by atoms with Gasteiger partial charge in [-0.05, 0) is 38.7 Å². The molecular weight excluding hydrogens is 374 g/mol. The standard InChI is InChI=1S/C22H24ClN3O2/c1-14-16-9-5-6-10-17(16)22(28)26(14)15(2)21(27)24-13-20(25(3)4)18-11-7-8-12-19(18)23/h5-12,15,20H,1,13H2,2-4H3,(H,24,27)/t15-,20-/m1/s1. The van der Waals surface area contributed by atoms with E-state index in [4.69, 9.17) is 11.6 Å². The van der Waals surface area contributed by atoms with Crippen molar-refractivity contribution in [1.82, 2.24) is 15.1 Å². The van der Waals surface area contributed by atoms with Gasteiger partial charge in [0.25, 0.3) is 5.91 Å². The first-order valence-electron chi connectivity index (χ1n) is 9.13. The smallest absolute Gasteiger partial charge is 0.259 e. The van der Waals surface area contributed by atoms with Crippen molar-refractivity contribution in [2.45, 2.75) is 19.0 Å². The van der Waals surface area contributed by atoms with E-state index in [1.807, 2.05) is 61.5 Å². The van der Waals surface area contributed by atoms with Crippen molar-refractivity contribution in [1.29, 1.82) is 0 Å². The number of benzene rings is 2. The summed E-state index contributed by atoms with van der Waals surface area (Å²) in [5.74, 6) is -0.431. The fraction of sp³-hybridized carbons (Fsp3) is 0.273. The fourth-order valence-electron chi connectivity index (χ4n) is 3.49. The minimum absolute atomic E-state index is 0.0838. The summed E-state index contributed by atoms with van der Waals surface area (Å²) in [6.45, 7) is 6.10. The molecule has 2 aromatic rings. The highest BCUT2D eigenvalue weighted by Crippen LogP contribution is 2.33. The molecule has 0 saturated heterocycles. The van der Waals surface area contributed by atoms with Crippen LogP contribution in [0.1, 0.15) is 34.5 Å². The first-order valence-corrected chi connectivity index (χ1v) is 9.51. The zero-order valence-electron chi connectivity index (χ0n) is 16.3. The predicted molar refractivity (Wildman–Crippen MR) is 112 cm³/mol. The third-order valence-electron chi connectivity index (χ3n) is 5.10. The lowest BCUT2D eigenvalue weighted by atomic mass is 10.1. The van der Waals surface area contributed by atoms with Crippen molar-refractivity contribution in [2.24, 2.45) is 0 Å². The zero-order chi connectivity index (χ0) is 20.4. The largest absolute Gasteiger partial charge is 0.352 e. The Hall–Kier alpha value is -2.63. The van der Waals surface area contributed by atoms with Crippen LogP contribution in [0.4, 0.5) is 0 Å². The van der Waals surface area contributed by atoms with Crippen molar-refractivity contribution in [3.63, 3.8) is 0 Å². The van der Waals surface area contributed by atoms with Crippen LogP contribution in [0.25, 0.3) is 5.70 Å². The van der Waals surface area contributed by atoms with Gasteiger partial charge < -0.3 is 10.2 Å². The first-order chi connectivity index (χ1) is 13.3. The molecule has 0 aliphatic carbocycles. The molecule has 2 atom stereocenters. The maximum atomic E-state index is 12.8. The van der Waals surface area contributed by atoms with E-state index < -0.39 is 6.04 Å². The van der Waals surface area contributed by atoms with Gasteiger partial charge in [-0.3, -0.25) is 14.5 Å². The van der Waals surface area contributed by atoms with Gasteiger partial charge in [0, 0.05) is 28.4 Å². The Balaban J connectivity index is 1.72. The highest BCUT2D eigenvalue weighted by atomic mass is 35.5. The Labute approximate surface area is 170 Å². The normalized spacial score (nSPS) is 15.5. The van der Waals surface area contributed by atoms with Gasteiger partial charge in [-0.15, -0.1) is 0 Å². The van der Waals surface area contributed by atoms with E-state index in [1.54, 1.807) is 13.0 Å². The maximum Gasteiger partial charge on any atom is 0.259 e. The number of nitrogens with one attached hydrogen (secondary N) is 1. The van der Waals surface area contributed by atoms with Crippen molar-refractivity contribution in [2.75, 3.05) is 20.6 Å². The SMILES string of the molecule is C=C1c2ccccc2C(=O)N1[C@H](C)C(=O)NC[C@H](c1ccccc1Cl)N(C)C. The highest BCUT2D eigenvalue weighted by molar-refractivity contribution is 6.31. The molecule has 0 unspecified atom stereocenters. The molecule has 1 aliphatic rings. The Morgan fingerprint density at radius 2 is 1.75 bits per heavy atom. The van der Waals surface area contributed by atoms with E-state index in [-0.39, 0.29) is 17.9 Å². The molecular formula is C22H24ClN3O2. The molecule has 1 N–H and O–H groups in total. The molecule has 6 heteroatoms. The average molecular weight is 398 g/mol. The first kappa shape index (κ1) is 20.1. The van der Waals surface area contributed by atoms with Gasteiger partial charge in [0.2, 0.25) is 5.91 Å². The lowest BCUT2D eigenvalue weighted by Gasteiger charge is -2.28. The number of nitrogens with zero attached hydrogens (tertiary/aromatic N) is 2. The fourth-order valence-corrected chi connectivity index (χ4v) is 3.75. The van der Waals surface area contributed by atoms with Crippen LogP contribution < -0.4 is 5.32 Å². The Bertz CT molecular complexity index is 891. The summed E-state index contributed by atoms with van der Waals surface area (Å²) in [5.41, 5.74) is 2.85. The molecule has 0 fully saturated rings. The second kappa shape index (κ2) is 8.17. The number of hydrogen-bond donors (Lipinski definition) is 1. The summed E-state index contributed by atoms with van der Waals surface area (Å²) in [5, 5.41) is 3.61.